The number of fused-ring (bicyclic) bond motifs is 1. The Morgan fingerprint density at radius 1 is 1.12 bits per heavy atom. The van der Waals surface area contributed by atoms with Gasteiger partial charge >= 0.3 is 0 Å². The average molecular weight is 485 g/mol. The zero-order valence-electron chi connectivity index (χ0n) is 19.2. The summed E-state index contributed by atoms with van der Waals surface area (Å²) in [4.78, 5) is 40.5. The third kappa shape index (κ3) is 4.12. The fraction of sp³-hybridized carbons (Fsp3) is 0.500. The number of likely N-dealkylation sites (tertiary alicyclic amines) is 1. The van der Waals surface area contributed by atoms with E-state index in [0.29, 0.717) is 42.6 Å². The molecule has 0 aliphatic carbocycles. The van der Waals surface area contributed by atoms with Gasteiger partial charge in [-0.2, -0.15) is 0 Å². The maximum Gasteiger partial charge on any atom is 0.260 e. The second kappa shape index (κ2) is 9.13. The summed E-state index contributed by atoms with van der Waals surface area (Å²) in [6.45, 7) is 5.86. The van der Waals surface area contributed by atoms with Crippen LogP contribution in [0.25, 0.3) is 0 Å². The molecule has 2 aromatic rings. The summed E-state index contributed by atoms with van der Waals surface area (Å²) >= 11 is 6.07. The molecule has 3 aliphatic heterocycles. The van der Waals surface area contributed by atoms with Crippen LogP contribution in [0.4, 0.5) is 11.6 Å². The number of aliphatic hydroxyl groups is 1. The van der Waals surface area contributed by atoms with E-state index in [2.05, 4.69) is 25.1 Å². The third-order valence-corrected chi connectivity index (χ3v) is 7.38. The predicted molar refractivity (Wildman–Crippen MR) is 129 cm³/mol. The molecule has 2 saturated heterocycles. The second-order valence-electron chi connectivity index (χ2n) is 9.30. The highest BCUT2D eigenvalue weighted by molar-refractivity contribution is 6.30. The third-order valence-electron chi connectivity index (χ3n) is 7.12. The molecule has 4 heterocycles. The van der Waals surface area contributed by atoms with Crippen LogP contribution in [0, 0.1) is 0 Å². The van der Waals surface area contributed by atoms with Gasteiger partial charge in [-0.1, -0.05) is 23.7 Å². The van der Waals surface area contributed by atoms with Crippen LogP contribution in [0.1, 0.15) is 36.8 Å². The van der Waals surface area contributed by atoms with Crippen LogP contribution in [-0.4, -0.2) is 82.5 Å². The fourth-order valence-corrected chi connectivity index (χ4v) is 5.27. The van der Waals surface area contributed by atoms with Crippen molar-refractivity contribution in [1.82, 2.24) is 19.8 Å². The lowest BCUT2D eigenvalue weighted by Gasteiger charge is -2.41. The molecule has 3 aliphatic rings. The molecule has 1 aromatic heterocycles. The molecule has 0 saturated carbocycles. The molecule has 2 atom stereocenters. The zero-order chi connectivity index (χ0) is 23.9. The SMILES string of the molecule is CC1C(=O)Nc2ncnc(N3CCN(C(=O)[C@](O)(CN4CCCC4)c4ccc(Cl)cc4)CC3)c21. The smallest absolute Gasteiger partial charge is 0.260 e. The summed E-state index contributed by atoms with van der Waals surface area (Å²) in [6, 6.07) is 6.90. The van der Waals surface area contributed by atoms with E-state index in [4.69, 9.17) is 11.6 Å². The number of nitrogens with zero attached hydrogens (tertiary/aromatic N) is 5. The molecule has 10 heteroatoms. The van der Waals surface area contributed by atoms with Gasteiger partial charge in [0.2, 0.25) is 5.91 Å². The number of benzene rings is 1. The van der Waals surface area contributed by atoms with Crippen molar-refractivity contribution in [2.75, 3.05) is 56.0 Å². The average Bonchev–Trinajstić information content (AvgIpc) is 3.46. The van der Waals surface area contributed by atoms with Gasteiger partial charge in [0.25, 0.3) is 5.91 Å². The van der Waals surface area contributed by atoms with Crippen molar-refractivity contribution in [3.05, 3.63) is 46.7 Å². The van der Waals surface area contributed by atoms with Gasteiger partial charge in [0.15, 0.2) is 5.60 Å². The maximum atomic E-state index is 13.7. The van der Waals surface area contributed by atoms with Crippen LogP contribution in [0.2, 0.25) is 5.02 Å². The Hall–Kier alpha value is -2.75. The topological polar surface area (TPSA) is 102 Å². The Kier molecular flexibility index (Phi) is 6.18. The number of hydrogen-bond acceptors (Lipinski definition) is 7. The lowest BCUT2D eigenvalue weighted by molar-refractivity contribution is -0.155. The molecule has 1 unspecified atom stereocenters. The van der Waals surface area contributed by atoms with Crippen LogP contribution in [0.5, 0.6) is 0 Å². The van der Waals surface area contributed by atoms with Crippen molar-refractivity contribution < 1.29 is 14.7 Å². The van der Waals surface area contributed by atoms with Gasteiger partial charge in [0.1, 0.15) is 18.0 Å². The number of rotatable bonds is 5. The van der Waals surface area contributed by atoms with Gasteiger partial charge in [-0.15, -0.1) is 0 Å². The summed E-state index contributed by atoms with van der Waals surface area (Å²) in [6.07, 6.45) is 3.60. The molecule has 34 heavy (non-hydrogen) atoms. The number of carbonyl (C=O) groups is 2. The van der Waals surface area contributed by atoms with E-state index in [-0.39, 0.29) is 24.3 Å². The molecule has 0 bridgehead atoms. The van der Waals surface area contributed by atoms with Gasteiger partial charge in [-0.25, -0.2) is 9.97 Å². The molecule has 2 fully saturated rings. The quantitative estimate of drug-likeness (QED) is 0.667. The number of amides is 2. The van der Waals surface area contributed by atoms with Crippen LogP contribution < -0.4 is 10.2 Å². The summed E-state index contributed by atoms with van der Waals surface area (Å²) in [7, 11) is 0. The lowest BCUT2D eigenvalue weighted by Crippen LogP contribution is -2.57. The number of hydrogen-bond donors (Lipinski definition) is 2. The second-order valence-corrected chi connectivity index (χ2v) is 9.74. The van der Waals surface area contributed by atoms with E-state index in [9.17, 15) is 14.7 Å². The van der Waals surface area contributed by atoms with E-state index >= 15 is 0 Å². The van der Waals surface area contributed by atoms with Crippen molar-refractivity contribution in [2.24, 2.45) is 0 Å². The molecule has 0 radical (unpaired) electrons. The monoisotopic (exact) mass is 484 g/mol. The lowest BCUT2D eigenvalue weighted by atomic mass is 9.91. The Balaban J connectivity index is 1.34. The number of carbonyl (C=O) groups excluding carboxylic acids is 2. The maximum absolute atomic E-state index is 13.7. The van der Waals surface area contributed by atoms with E-state index in [1.807, 2.05) is 6.92 Å². The first-order valence-corrected chi connectivity index (χ1v) is 12.2. The van der Waals surface area contributed by atoms with E-state index in [0.717, 1.165) is 37.3 Å². The first kappa shape index (κ1) is 23.0. The van der Waals surface area contributed by atoms with Gasteiger partial charge in [0, 0.05) is 43.3 Å². The van der Waals surface area contributed by atoms with Crippen molar-refractivity contribution in [3.63, 3.8) is 0 Å². The number of nitrogens with one attached hydrogen (secondary N) is 1. The molecule has 9 nitrogen and oxygen atoms in total. The molecule has 180 valence electrons. The van der Waals surface area contributed by atoms with E-state index < -0.39 is 5.60 Å². The van der Waals surface area contributed by atoms with Crippen molar-refractivity contribution >= 4 is 35.1 Å². The standard InChI is InChI=1S/C24H29ClN6O3/c1-16-19-20(28-22(16)32)26-15-27-21(19)30-10-12-31(13-11-30)23(33)24(34,14-29-8-2-3-9-29)17-4-6-18(25)7-5-17/h4-7,15-16,34H,2-3,8-14H2,1H3,(H,26,27,28,32)/t16?,24-/m0/s1. The molecular formula is C24H29ClN6O3. The Morgan fingerprint density at radius 2 is 1.79 bits per heavy atom. The van der Waals surface area contributed by atoms with Gasteiger partial charge < -0.3 is 20.2 Å². The fourth-order valence-electron chi connectivity index (χ4n) is 5.15. The highest BCUT2D eigenvalue weighted by Crippen LogP contribution is 2.37. The molecule has 2 N–H and O–H groups in total. The minimum absolute atomic E-state index is 0.0829. The highest BCUT2D eigenvalue weighted by atomic mass is 35.5. The van der Waals surface area contributed by atoms with Crippen molar-refractivity contribution in [1.29, 1.82) is 0 Å². The number of anilines is 2. The summed E-state index contributed by atoms with van der Waals surface area (Å²) in [5, 5.41) is 15.1. The zero-order valence-corrected chi connectivity index (χ0v) is 20.0. The molecule has 0 spiro atoms. The predicted octanol–water partition coefficient (Wildman–Crippen LogP) is 1.82. The number of β-amino-alcohol motifs (C(OH)–C–C–N with tert-alkyl or cyclic N) is 1. The van der Waals surface area contributed by atoms with Gasteiger partial charge in [0.05, 0.1) is 5.92 Å². The number of piperazine rings is 1. The Bertz CT molecular complexity index is 1080. The van der Waals surface area contributed by atoms with Crippen LogP contribution >= 0.6 is 11.6 Å². The van der Waals surface area contributed by atoms with Crippen LogP contribution in [-0.2, 0) is 15.2 Å². The van der Waals surface area contributed by atoms with Crippen LogP contribution in [0.3, 0.4) is 0 Å². The summed E-state index contributed by atoms with van der Waals surface area (Å²) in [5.41, 5.74) is -0.278. The number of halogens is 1. The number of aromatic nitrogens is 2. The normalized spacial score (nSPS) is 22.4. The largest absolute Gasteiger partial charge is 0.374 e. The van der Waals surface area contributed by atoms with Crippen molar-refractivity contribution in [2.45, 2.75) is 31.3 Å². The summed E-state index contributed by atoms with van der Waals surface area (Å²) < 4.78 is 0. The molecule has 2 amide bonds. The van der Waals surface area contributed by atoms with Gasteiger partial charge in [-0.3, -0.25) is 14.5 Å². The molecular weight excluding hydrogens is 456 g/mol. The van der Waals surface area contributed by atoms with E-state index in [1.165, 1.54) is 6.33 Å². The summed E-state index contributed by atoms with van der Waals surface area (Å²) in [5.74, 6) is 0.595. The Labute approximate surface area is 203 Å². The highest BCUT2D eigenvalue weighted by Gasteiger charge is 2.44. The molecule has 5 rings (SSSR count). The van der Waals surface area contributed by atoms with Gasteiger partial charge in [-0.05, 0) is 50.6 Å². The molecule has 1 aromatic carbocycles. The van der Waals surface area contributed by atoms with Crippen molar-refractivity contribution in [3.8, 4) is 0 Å². The van der Waals surface area contributed by atoms with E-state index in [1.54, 1.807) is 29.2 Å². The Morgan fingerprint density at radius 3 is 2.47 bits per heavy atom. The minimum Gasteiger partial charge on any atom is -0.374 e. The first-order valence-electron chi connectivity index (χ1n) is 11.8. The first-order chi connectivity index (χ1) is 16.4. The van der Waals surface area contributed by atoms with Crippen LogP contribution in [0.15, 0.2) is 30.6 Å². The minimum atomic E-state index is -1.64.